The molecule has 4 nitrogen and oxygen atoms in total. The van der Waals surface area contributed by atoms with Crippen molar-refractivity contribution in [2.45, 2.75) is 0 Å². The van der Waals surface area contributed by atoms with Crippen molar-refractivity contribution in [1.29, 1.82) is 0 Å². The molecule has 0 saturated carbocycles. The van der Waals surface area contributed by atoms with Gasteiger partial charge < -0.3 is 10.1 Å². The van der Waals surface area contributed by atoms with E-state index < -0.39 is 0 Å². The molecule has 4 rings (SSSR count). The number of benzene rings is 2. The fraction of sp³-hybridized carbons (Fsp3) is 0.286. The summed E-state index contributed by atoms with van der Waals surface area (Å²) >= 11 is 0. The molecule has 0 spiro atoms. The van der Waals surface area contributed by atoms with Crippen LogP contribution in [0.2, 0.25) is 0 Å². The molecule has 2 aromatic rings. The van der Waals surface area contributed by atoms with E-state index in [4.69, 9.17) is 4.74 Å². The first-order chi connectivity index (χ1) is 12.3. The molecule has 0 aromatic heterocycles. The monoisotopic (exact) mass is 335 g/mol. The predicted octanol–water partition coefficient (Wildman–Crippen LogP) is 2.64. The predicted molar refractivity (Wildman–Crippen MR) is 101 cm³/mol. The van der Waals surface area contributed by atoms with Crippen molar-refractivity contribution >= 4 is 17.5 Å². The SMILES string of the molecule is O=C(C[N+]1(c2ccccc2)CCNCC1)C1=Cc2ccccc2OC1. The lowest BCUT2D eigenvalue weighted by atomic mass is 10.0. The molecule has 1 N–H and O–H groups in total. The van der Waals surface area contributed by atoms with E-state index in [9.17, 15) is 4.79 Å². The van der Waals surface area contributed by atoms with Crippen LogP contribution < -0.4 is 14.5 Å². The number of Topliss-reactive ketones (excluding diaryl/α,β-unsaturated/α-hetero) is 1. The topological polar surface area (TPSA) is 38.3 Å². The number of quaternary nitrogens is 1. The summed E-state index contributed by atoms with van der Waals surface area (Å²) in [7, 11) is 0. The molecule has 1 fully saturated rings. The molecule has 0 bridgehead atoms. The summed E-state index contributed by atoms with van der Waals surface area (Å²) in [6.07, 6.45) is 1.99. The van der Waals surface area contributed by atoms with Gasteiger partial charge in [0, 0.05) is 24.2 Å². The standard InChI is InChI=1S/C21H23N2O2/c24-20(18-14-17-6-4-5-9-21(17)25-16-18)15-23(12-10-22-11-13-23)19-7-2-1-3-8-19/h1-9,14,22H,10-13,15-16H2/q+1. The van der Waals surface area contributed by atoms with Gasteiger partial charge in [-0.05, 0) is 24.3 Å². The Morgan fingerprint density at radius 3 is 2.52 bits per heavy atom. The molecule has 2 aromatic carbocycles. The smallest absolute Gasteiger partial charge is 0.216 e. The number of hydrogen-bond acceptors (Lipinski definition) is 3. The second kappa shape index (κ2) is 6.82. The van der Waals surface area contributed by atoms with Crippen LogP contribution in [0.4, 0.5) is 5.69 Å². The van der Waals surface area contributed by atoms with Gasteiger partial charge in [-0.3, -0.25) is 9.28 Å². The first-order valence-corrected chi connectivity index (χ1v) is 8.85. The quantitative estimate of drug-likeness (QED) is 0.873. The number of ketones is 1. The number of piperazine rings is 1. The molecule has 2 heterocycles. The summed E-state index contributed by atoms with van der Waals surface area (Å²) in [6, 6.07) is 18.3. The van der Waals surface area contributed by atoms with Crippen LogP contribution in [0.1, 0.15) is 5.56 Å². The second-order valence-electron chi connectivity index (χ2n) is 6.76. The molecule has 0 unspecified atom stereocenters. The molecule has 0 radical (unpaired) electrons. The van der Waals surface area contributed by atoms with Crippen LogP contribution in [0, 0.1) is 0 Å². The second-order valence-corrected chi connectivity index (χ2v) is 6.76. The van der Waals surface area contributed by atoms with Gasteiger partial charge in [-0.15, -0.1) is 0 Å². The Labute approximate surface area is 148 Å². The molecule has 2 aliphatic rings. The molecule has 128 valence electrons. The lowest BCUT2D eigenvalue weighted by Crippen LogP contribution is -2.62. The maximum absolute atomic E-state index is 13.1. The third-order valence-electron chi connectivity index (χ3n) is 5.17. The van der Waals surface area contributed by atoms with Crippen molar-refractivity contribution < 1.29 is 9.53 Å². The Bertz CT molecular complexity index is 793. The van der Waals surface area contributed by atoms with Gasteiger partial charge in [0.1, 0.15) is 24.6 Å². The van der Waals surface area contributed by atoms with E-state index in [1.54, 1.807) is 0 Å². The molecule has 0 aliphatic carbocycles. The van der Waals surface area contributed by atoms with Crippen molar-refractivity contribution in [3.63, 3.8) is 0 Å². The highest BCUT2D eigenvalue weighted by Crippen LogP contribution is 2.28. The summed E-state index contributed by atoms with van der Waals surface area (Å²) in [6.45, 7) is 4.58. The van der Waals surface area contributed by atoms with Crippen molar-refractivity contribution in [3.05, 3.63) is 65.7 Å². The van der Waals surface area contributed by atoms with Gasteiger partial charge in [-0.1, -0.05) is 36.4 Å². The molecular weight excluding hydrogens is 312 g/mol. The zero-order chi connectivity index (χ0) is 17.1. The average molecular weight is 335 g/mol. The largest absolute Gasteiger partial charge is 0.488 e. The van der Waals surface area contributed by atoms with E-state index in [2.05, 4.69) is 29.6 Å². The fourth-order valence-corrected chi connectivity index (χ4v) is 3.73. The molecular formula is C21H23N2O2+. The van der Waals surface area contributed by atoms with E-state index in [0.717, 1.165) is 43.1 Å². The minimum absolute atomic E-state index is 0.181. The zero-order valence-corrected chi connectivity index (χ0v) is 14.3. The number of rotatable bonds is 4. The minimum Gasteiger partial charge on any atom is -0.488 e. The molecule has 0 amide bonds. The molecule has 0 atom stereocenters. The van der Waals surface area contributed by atoms with Crippen LogP contribution in [0.15, 0.2) is 60.2 Å². The molecule has 1 saturated heterocycles. The van der Waals surface area contributed by atoms with Crippen LogP contribution in [-0.4, -0.2) is 45.1 Å². The maximum Gasteiger partial charge on any atom is 0.216 e. The van der Waals surface area contributed by atoms with E-state index >= 15 is 0 Å². The Hall–Kier alpha value is -2.43. The first kappa shape index (κ1) is 16.1. The fourth-order valence-electron chi connectivity index (χ4n) is 3.73. The van der Waals surface area contributed by atoms with Crippen LogP contribution in [0.3, 0.4) is 0 Å². The zero-order valence-electron chi connectivity index (χ0n) is 14.3. The van der Waals surface area contributed by atoms with Gasteiger partial charge in [0.15, 0.2) is 0 Å². The maximum atomic E-state index is 13.1. The highest BCUT2D eigenvalue weighted by molar-refractivity contribution is 6.02. The third-order valence-corrected chi connectivity index (χ3v) is 5.17. The number of carbonyl (C=O) groups is 1. The van der Waals surface area contributed by atoms with Crippen LogP contribution >= 0.6 is 0 Å². The summed E-state index contributed by atoms with van der Waals surface area (Å²) < 4.78 is 6.49. The van der Waals surface area contributed by atoms with Gasteiger partial charge >= 0.3 is 0 Å². The lowest BCUT2D eigenvalue weighted by molar-refractivity contribution is -0.116. The highest BCUT2D eigenvalue weighted by Gasteiger charge is 2.36. The van der Waals surface area contributed by atoms with E-state index in [1.165, 1.54) is 5.69 Å². The van der Waals surface area contributed by atoms with Crippen LogP contribution in [0.25, 0.3) is 6.08 Å². The lowest BCUT2D eigenvalue weighted by Gasteiger charge is -2.41. The summed E-state index contributed by atoms with van der Waals surface area (Å²) in [5, 5.41) is 3.41. The first-order valence-electron chi connectivity index (χ1n) is 8.85. The summed E-state index contributed by atoms with van der Waals surface area (Å²) in [5.41, 5.74) is 2.98. The summed E-state index contributed by atoms with van der Waals surface area (Å²) in [5.74, 6) is 1.04. The van der Waals surface area contributed by atoms with Crippen molar-refractivity contribution in [3.8, 4) is 5.75 Å². The van der Waals surface area contributed by atoms with Gasteiger partial charge in [-0.2, -0.15) is 0 Å². The number of para-hydroxylation sites is 2. The Morgan fingerprint density at radius 1 is 1.00 bits per heavy atom. The van der Waals surface area contributed by atoms with Crippen LogP contribution in [0.5, 0.6) is 5.75 Å². The Morgan fingerprint density at radius 2 is 1.72 bits per heavy atom. The number of nitrogens with zero attached hydrogens (tertiary/aromatic N) is 1. The number of fused-ring (bicyclic) bond motifs is 1. The number of hydrogen-bond donors (Lipinski definition) is 1. The minimum atomic E-state index is 0.181. The van der Waals surface area contributed by atoms with Gasteiger partial charge in [-0.25, -0.2) is 0 Å². The van der Waals surface area contributed by atoms with E-state index in [0.29, 0.717) is 17.6 Å². The Balaban J connectivity index is 1.61. The average Bonchev–Trinajstić information content (AvgIpc) is 2.69. The van der Waals surface area contributed by atoms with Gasteiger partial charge in [0.05, 0.1) is 13.1 Å². The van der Waals surface area contributed by atoms with Gasteiger partial charge in [0.2, 0.25) is 5.78 Å². The van der Waals surface area contributed by atoms with E-state index in [1.807, 2.05) is 36.4 Å². The highest BCUT2D eigenvalue weighted by atomic mass is 16.5. The summed E-state index contributed by atoms with van der Waals surface area (Å²) in [4.78, 5) is 13.1. The molecule has 25 heavy (non-hydrogen) atoms. The number of carbonyl (C=O) groups excluding carboxylic acids is 1. The Kier molecular flexibility index (Phi) is 4.38. The van der Waals surface area contributed by atoms with Gasteiger partial charge in [0.25, 0.3) is 0 Å². The third kappa shape index (κ3) is 3.23. The number of ether oxygens (including phenoxy) is 1. The molecule has 4 heteroatoms. The molecule has 2 aliphatic heterocycles. The van der Waals surface area contributed by atoms with Crippen molar-refractivity contribution in [2.75, 3.05) is 39.3 Å². The van der Waals surface area contributed by atoms with E-state index in [-0.39, 0.29) is 5.78 Å². The number of nitrogens with one attached hydrogen (secondary N) is 1. The van der Waals surface area contributed by atoms with Crippen LogP contribution in [-0.2, 0) is 4.79 Å². The van der Waals surface area contributed by atoms with Crippen molar-refractivity contribution in [2.24, 2.45) is 0 Å². The normalized spacial score (nSPS) is 18.6. The van der Waals surface area contributed by atoms with Crippen molar-refractivity contribution in [1.82, 2.24) is 9.80 Å².